The summed E-state index contributed by atoms with van der Waals surface area (Å²) in [6.45, 7) is 2.20. The summed E-state index contributed by atoms with van der Waals surface area (Å²) in [6, 6.07) is 14.3. The maximum Gasteiger partial charge on any atom is 0.254 e. The smallest absolute Gasteiger partial charge is 0.254 e. The summed E-state index contributed by atoms with van der Waals surface area (Å²) in [5.41, 5.74) is 1.59. The molecule has 6 heteroatoms. The van der Waals surface area contributed by atoms with Crippen molar-refractivity contribution in [3.63, 3.8) is 0 Å². The van der Waals surface area contributed by atoms with E-state index in [0.29, 0.717) is 43.2 Å². The Kier molecular flexibility index (Phi) is 4.73. The Morgan fingerprint density at radius 2 is 1.59 bits per heavy atom. The van der Waals surface area contributed by atoms with Crippen LogP contribution in [0.25, 0.3) is 10.8 Å². The zero-order valence-electron chi connectivity index (χ0n) is 14.5. The molecule has 0 aromatic heterocycles. The van der Waals surface area contributed by atoms with Crippen molar-refractivity contribution >= 4 is 28.1 Å². The minimum absolute atomic E-state index is 0.0437. The number of carbonyl (C=O) groups is 1. The largest absolute Gasteiger partial charge is 0.378 e. The number of hydrogen-bond donors (Lipinski definition) is 1. The number of nitrogens with one attached hydrogen (secondary N) is 1. The van der Waals surface area contributed by atoms with Crippen LogP contribution in [0.5, 0.6) is 0 Å². The first-order chi connectivity index (χ1) is 13.1. The van der Waals surface area contributed by atoms with Crippen LogP contribution in [0.3, 0.4) is 0 Å². The average molecular weight is 368 g/mol. The number of nitrogens with zero attached hydrogens (tertiary/aromatic N) is 1. The molecule has 1 N–H and O–H groups in total. The molecule has 0 spiro atoms. The molecule has 1 amide bonds. The van der Waals surface area contributed by atoms with Crippen LogP contribution in [0.4, 0.5) is 20.2 Å². The molecule has 0 atom stereocenters. The fourth-order valence-corrected chi connectivity index (χ4v) is 3.31. The first-order valence-electron chi connectivity index (χ1n) is 8.74. The van der Waals surface area contributed by atoms with Gasteiger partial charge in [0.1, 0.15) is 11.6 Å². The normalized spacial score (nSPS) is 14.4. The van der Waals surface area contributed by atoms with Gasteiger partial charge in [0, 0.05) is 41.5 Å². The molecule has 4 rings (SSSR count). The number of ether oxygens (including phenoxy) is 1. The SMILES string of the molecule is O=C(c1ccc(Nc2cc(F)cc(F)c2)c2ccccc12)N1CCOCC1. The zero-order chi connectivity index (χ0) is 18.8. The summed E-state index contributed by atoms with van der Waals surface area (Å²) >= 11 is 0. The van der Waals surface area contributed by atoms with E-state index in [0.717, 1.165) is 16.8 Å². The molecule has 1 heterocycles. The molecule has 0 unspecified atom stereocenters. The van der Waals surface area contributed by atoms with Gasteiger partial charge >= 0.3 is 0 Å². The number of rotatable bonds is 3. The molecule has 0 saturated carbocycles. The molecule has 3 aromatic rings. The maximum atomic E-state index is 13.5. The van der Waals surface area contributed by atoms with Crippen LogP contribution < -0.4 is 5.32 Å². The van der Waals surface area contributed by atoms with Crippen LogP contribution in [0, 0.1) is 11.6 Å². The van der Waals surface area contributed by atoms with Crippen molar-refractivity contribution in [2.24, 2.45) is 0 Å². The van der Waals surface area contributed by atoms with E-state index in [-0.39, 0.29) is 5.91 Å². The van der Waals surface area contributed by atoms with Crippen molar-refractivity contribution in [1.82, 2.24) is 4.90 Å². The highest BCUT2D eigenvalue weighted by molar-refractivity contribution is 6.10. The lowest BCUT2D eigenvalue weighted by Gasteiger charge is -2.27. The number of benzene rings is 3. The third kappa shape index (κ3) is 3.61. The Morgan fingerprint density at radius 1 is 0.926 bits per heavy atom. The van der Waals surface area contributed by atoms with Gasteiger partial charge in [0.05, 0.1) is 13.2 Å². The number of hydrogen-bond acceptors (Lipinski definition) is 3. The Balaban J connectivity index is 1.72. The van der Waals surface area contributed by atoms with Crippen LogP contribution in [-0.2, 0) is 4.74 Å². The van der Waals surface area contributed by atoms with Crippen LogP contribution in [0.1, 0.15) is 10.4 Å². The lowest BCUT2D eigenvalue weighted by molar-refractivity contribution is 0.0304. The Hall–Kier alpha value is -2.99. The molecule has 1 fully saturated rings. The fraction of sp³-hybridized carbons (Fsp3) is 0.190. The van der Waals surface area contributed by atoms with Gasteiger partial charge in [-0.05, 0) is 29.7 Å². The summed E-state index contributed by atoms with van der Waals surface area (Å²) < 4.78 is 32.3. The third-order valence-corrected chi connectivity index (χ3v) is 4.59. The van der Waals surface area contributed by atoms with Crippen molar-refractivity contribution in [2.75, 3.05) is 31.6 Å². The molecule has 3 aromatic carbocycles. The molecule has 0 bridgehead atoms. The predicted octanol–water partition coefficient (Wildman–Crippen LogP) is 4.33. The van der Waals surface area contributed by atoms with Crippen LogP contribution in [0.2, 0.25) is 0 Å². The number of halogens is 2. The number of anilines is 2. The van der Waals surface area contributed by atoms with Crippen molar-refractivity contribution < 1.29 is 18.3 Å². The van der Waals surface area contributed by atoms with E-state index in [1.54, 1.807) is 17.0 Å². The maximum absolute atomic E-state index is 13.5. The van der Waals surface area contributed by atoms with Gasteiger partial charge in [-0.3, -0.25) is 4.79 Å². The Morgan fingerprint density at radius 3 is 2.30 bits per heavy atom. The molecule has 4 nitrogen and oxygen atoms in total. The topological polar surface area (TPSA) is 41.6 Å². The lowest BCUT2D eigenvalue weighted by Crippen LogP contribution is -2.40. The van der Waals surface area contributed by atoms with Crippen LogP contribution >= 0.6 is 0 Å². The van der Waals surface area contributed by atoms with Gasteiger partial charge in [-0.25, -0.2) is 8.78 Å². The number of fused-ring (bicyclic) bond motifs is 1. The van der Waals surface area contributed by atoms with E-state index in [9.17, 15) is 13.6 Å². The van der Waals surface area contributed by atoms with Gasteiger partial charge in [-0.15, -0.1) is 0 Å². The number of morpholine rings is 1. The van der Waals surface area contributed by atoms with Crippen molar-refractivity contribution in [1.29, 1.82) is 0 Å². The molecule has 0 aliphatic carbocycles. The molecule has 1 saturated heterocycles. The van der Waals surface area contributed by atoms with Gasteiger partial charge in [0.2, 0.25) is 0 Å². The molecule has 1 aliphatic rings. The summed E-state index contributed by atoms with van der Waals surface area (Å²) in [5, 5.41) is 4.64. The standard InChI is InChI=1S/C21H18F2N2O2/c22-14-11-15(23)13-16(12-14)24-20-6-5-19(17-3-1-2-4-18(17)20)21(26)25-7-9-27-10-8-25/h1-6,11-13,24H,7-10H2. The molecular weight excluding hydrogens is 350 g/mol. The minimum atomic E-state index is -0.652. The van der Waals surface area contributed by atoms with Gasteiger partial charge in [-0.1, -0.05) is 24.3 Å². The first kappa shape index (κ1) is 17.4. The van der Waals surface area contributed by atoms with Gasteiger partial charge in [0.25, 0.3) is 5.91 Å². The van der Waals surface area contributed by atoms with Crippen molar-refractivity contribution in [2.45, 2.75) is 0 Å². The average Bonchev–Trinajstić information content (AvgIpc) is 2.68. The van der Waals surface area contributed by atoms with Crippen molar-refractivity contribution in [3.05, 3.63) is 71.8 Å². The summed E-state index contributed by atoms with van der Waals surface area (Å²) in [5.74, 6) is -1.35. The van der Waals surface area contributed by atoms with E-state index in [1.807, 2.05) is 24.3 Å². The summed E-state index contributed by atoms with van der Waals surface area (Å²) in [6.07, 6.45) is 0. The van der Waals surface area contributed by atoms with E-state index >= 15 is 0 Å². The highest BCUT2D eigenvalue weighted by atomic mass is 19.1. The molecule has 1 aliphatic heterocycles. The van der Waals surface area contributed by atoms with E-state index in [2.05, 4.69) is 5.32 Å². The van der Waals surface area contributed by atoms with Gasteiger partial charge in [0.15, 0.2) is 0 Å². The number of amides is 1. The van der Waals surface area contributed by atoms with Gasteiger partial charge < -0.3 is 15.0 Å². The first-order valence-corrected chi connectivity index (χ1v) is 8.74. The zero-order valence-corrected chi connectivity index (χ0v) is 14.5. The van der Waals surface area contributed by atoms with E-state index in [1.165, 1.54) is 12.1 Å². The second-order valence-corrected chi connectivity index (χ2v) is 6.39. The molecular formula is C21H18F2N2O2. The van der Waals surface area contributed by atoms with Crippen molar-refractivity contribution in [3.8, 4) is 0 Å². The minimum Gasteiger partial charge on any atom is -0.378 e. The Bertz CT molecular complexity index is 980. The molecule has 0 radical (unpaired) electrons. The van der Waals surface area contributed by atoms with E-state index < -0.39 is 11.6 Å². The van der Waals surface area contributed by atoms with Gasteiger partial charge in [-0.2, -0.15) is 0 Å². The summed E-state index contributed by atoms with van der Waals surface area (Å²) in [4.78, 5) is 14.7. The summed E-state index contributed by atoms with van der Waals surface area (Å²) in [7, 11) is 0. The highest BCUT2D eigenvalue weighted by Gasteiger charge is 2.21. The fourth-order valence-electron chi connectivity index (χ4n) is 3.31. The second-order valence-electron chi connectivity index (χ2n) is 6.39. The predicted molar refractivity (Wildman–Crippen MR) is 100 cm³/mol. The van der Waals surface area contributed by atoms with Crippen LogP contribution in [-0.4, -0.2) is 37.1 Å². The quantitative estimate of drug-likeness (QED) is 0.748. The lowest BCUT2D eigenvalue weighted by atomic mass is 10.0. The molecule has 138 valence electrons. The van der Waals surface area contributed by atoms with E-state index in [4.69, 9.17) is 4.74 Å². The molecule has 27 heavy (non-hydrogen) atoms. The Labute approximate surface area is 155 Å². The third-order valence-electron chi connectivity index (χ3n) is 4.59. The number of carbonyl (C=O) groups excluding carboxylic acids is 1. The van der Waals surface area contributed by atoms with Crippen LogP contribution in [0.15, 0.2) is 54.6 Å². The second kappa shape index (κ2) is 7.32. The highest BCUT2D eigenvalue weighted by Crippen LogP contribution is 2.30. The monoisotopic (exact) mass is 368 g/mol.